The number of carbonyl (C=O) groups is 1. The zero-order chi connectivity index (χ0) is 6.41. The van der Waals surface area contributed by atoms with Gasteiger partial charge in [0.15, 0.2) is 0 Å². The molecule has 0 bridgehead atoms. The molecule has 50 valence electrons. The van der Waals surface area contributed by atoms with E-state index in [1.807, 2.05) is 6.92 Å². The topological polar surface area (TPSA) is 49.3 Å². The van der Waals surface area contributed by atoms with Crippen LogP contribution in [0.15, 0.2) is 0 Å². The minimum Gasteiger partial charge on any atom is -1.00 e. The monoisotopic (exact) mass is 141 g/mol. The van der Waals surface area contributed by atoms with Gasteiger partial charge in [0.05, 0.1) is 6.54 Å². The van der Waals surface area contributed by atoms with Crippen molar-refractivity contribution in [1.82, 2.24) is 5.32 Å². The molecule has 0 amide bonds. The maximum Gasteiger partial charge on any atom is 1.00 e. The molecule has 0 heterocycles. The van der Waals surface area contributed by atoms with E-state index in [0.717, 1.165) is 13.0 Å². The van der Waals surface area contributed by atoms with Crippen LogP contribution in [0.3, 0.4) is 0 Å². The Morgan fingerprint density at radius 2 is 2.33 bits per heavy atom. The Labute approximate surface area is 78.6 Å². The van der Waals surface area contributed by atoms with E-state index in [2.05, 4.69) is 5.32 Å². The molecule has 0 aliphatic carbocycles. The maximum absolute atomic E-state index is 9.81. The Kier molecular flexibility index (Phi) is 11.4. The van der Waals surface area contributed by atoms with Gasteiger partial charge < -0.3 is 11.8 Å². The van der Waals surface area contributed by atoms with Crippen LogP contribution < -0.4 is 34.9 Å². The van der Waals surface area contributed by atoms with Crippen molar-refractivity contribution in [3.8, 4) is 0 Å². The Balaban J connectivity index is -0.000000245. The van der Waals surface area contributed by atoms with Gasteiger partial charge in [0.2, 0.25) is 0 Å². The summed E-state index contributed by atoms with van der Waals surface area (Å²) in [5.74, 6) is -0.793. The molecule has 0 atom stereocenters. The van der Waals surface area contributed by atoms with E-state index in [-0.39, 0.29) is 37.5 Å². The third kappa shape index (κ3) is 11.8. The average Bonchev–Trinajstić information content (AvgIpc) is 1.66. The van der Waals surface area contributed by atoms with Crippen LogP contribution in [-0.2, 0) is 4.79 Å². The van der Waals surface area contributed by atoms with Crippen LogP contribution in [-0.4, -0.2) is 24.2 Å². The molecule has 0 spiro atoms. The van der Waals surface area contributed by atoms with Gasteiger partial charge in [-0.1, -0.05) is 6.92 Å². The number of hydrogen-bond donors (Lipinski definition) is 2. The summed E-state index contributed by atoms with van der Waals surface area (Å²) in [5.41, 5.74) is 0. The first-order valence-corrected chi connectivity index (χ1v) is 2.70. The quantitative estimate of drug-likeness (QED) is 0.328. The zero-order valence-electron chi connectivity index (χ0n) is 6.98. The van der Waals surface area contributed by atoms with Crippen molar-refractivity contribution in [2.45, 2.75) is 13.3 Å². The summed E-state index contributed by atoms with van der Waals surface area (Å²) in [6.45, 7) is 2.86. The molecule has 2 N–H and O–H groups in total. The molecule has 0 aliphatic heterocycles. The summed E-state index contributed by atoms with van der Waals surface area (Å²) >= 11 is 0. The molecule has 0 aromatic carbocycles. The number of nitrogens with one attached hydrogen (secondary N) is 1. The summed E-state index contributed by atoms with van der Waals surface area (Å²) < 4.78 is 0. The number of rotatable bonds is 4. The smallest absolute Gasteiger partial charge is 1.00 e. The van der Waals surface area contributed by atoms with Crippen LogP contribution in [0.1, 0.15) is 14.8 Å². The third-order valence-corrected chi connectivity index (χ3v) is 0.703. The first kappa shape index (κ1) is 12.1. The number of hydrogen-bond acceptors (Lipinski definition) is 2. The number of carboxylic acid groups (broad SMARTS) is 1. The molecule has 9 heavy (non-hydrogen) atoms. The minimum atomic E-state index is -0.793. The normalized spacial score (nSPS) is 8.11. The zero-order valence-corrected chi connectivity index (χ0v) is 7.98. The summed E-state index contributed by atoms with van der Waals surface area (Å²) in [6.07, 6.45) is 0.979. The van der Waals surface area contributed by atoms with Crippen LogP contribution in [0.5, 0.6) is 0 Å². The molecule has 0 aliphatic rings. The summed E-state index contributed by atoms with van der Waals surface area (Å²) in [6, 6.07) is 0. The maximum atomic E-state index is 9.81. The molecule has 0 fully saturated rings. The van der Waals surface area contributed by atoms with Gasteiger partial charge in [0, 0.05) is 0 Å². The Bertz CT molecular complexity index is 82.0. The van der Waals surface area contributed by atoms with Crippen molar-refractivity contribution in [2.24, 2.45) is 0 Å². The van der Waals surface area contributed by atoms with Gasteiger partial charge in [-0.25, -0.2) is 0 Å². The predicted molar refractivity (Wildman–Crippen MR) is 31.9 cm³/mol. The van der Waals surface area contributed by atoms with Crippen molar-refractivity contribution >= 4 is 5.97 Å². The van der Waals surface area contributed by atoms with E-state index in [1.165, 1.54) is 0 Å². The number of carboxylic acids is 1. The fourth-order valence-electron chi connectivity index (χ4n) is 0.372. The number of aliphatic carboxylic acids is 1. The third-order valence-electron chi connectivity index (χ3n) is 0.703. The molecule has 0 radical (unpaired) electrons. The molecule has 0 saturated heterocycles. The van der Waals surface area contributed by atoms with Gasteiger partial charge in [0.25, 0.3) is 0 Å². The van der Waals surface area contributed by atoms with Gasteiger partial charge in [-0.3, -0.25) is 4.79 Å². The fraction of sp³-hybridized carbons (Fsp3) is 0.800. The second-order valence-corrected chi connectivity index (χ2v) is 1.57. The Morgan fingerprint density at radius 3 is 2.67 bits per heavy atom. The van der Waals surface area contributed by atoms with Gasteiger partial charge in [-0.05, 0) is 13.0 Å². The van der Waals surface area contributed by atoms with Crippen molar-refractivity contribution in [1.29, 1.82) is 0 Å². The molecule has 0 aromatic rings. The minimum absolute atomic E-state index is 0. The van der Waals surface area contributed by atoms with E-state index >= 15 is 0 Å². The van der Waals surface area contributed by atoms with Crippen LogP contribution in [0.25, 0.3) is 0 Å². The van der Waals surface area contributed by atoms with E-state index in [1.54, 1.807) is 0 Å². The molecule has 0 unspecified atom stereocenters. The largest absolute Gasteiger partial charge is 1.00 e. The first-order valence-electron chi connectivity index (χ1n) is 2.70. The van der Waals surface area contributed by atoms with Crippen LogP contribution in [0, 0.1) is 0 Å². The Hall–Kier alpha value is 0.430. The summed E-state index contributed by atoms with van der Waals surface area (Å²) in [4.78, 5) is 9.81. The molecular formula is C5H12NNaO2. The fourth-order valence-corrected chi connectivity index (χ4v) is 0.372. The predicted octanol–water partition coefficient (Wildman–Crippen LogP) is -2.81. The molecule has 0 saturated carbocycles. The molecular weight excluding hydrogens is 129 g/mol. The van der Waals surface area contributed by atoms with E-state index in [9.17, 15) is 4.79 Å². The molecule has 4 heteroatoms. The summed E-state index contributed by atoms with van der Waals surface area (Å²) in [5, 5.41) is 10.8. The Morgan fingerprint density at radius 1 is 1.78 bits per heavy atom. The standard InChI is InChI=1S/C5H11NO2.Na.H/c1-2-3-6-4-5(7)8;;/h6H,2-4H2,1H3,(H,7,8);;/q;+1;-1. The van der Waals surface area contributed by atoms with Crippen molar-refractivity contribution in [3.63, 3.8) is 0 Å². The van der Waals surface area contributed by atoms with E-state index in [0.29, 0.717) is 0 Å². The molecule has 0 rings (SSSR count). The SMILES string of the molecule is CCCNCC(=O)O.[H-].[Na+]. The van der Waals surface area contributed by atoms with Crippen LogP contribution >= 0.6 is 0 Å². The second kappa shape index (κ2) is 8.43. The van der Waals surface area contributed by atoms with E-state index < -0.39 is 5.97 Å². The van der Waals surface area contributed by atoms with E-state index in [4.69, 9.17) is 5.11 Å². The van der Waals surface area contributed by atoms with Crippen LogP contribution in [0.2, 0.25) is 0 Å². The van der Waals surface area contributed by atoms with Crippen LogP contribution in [0.4, 0.5) is 0 Å². The van der Waals surface area contributed by atoms with Gasteiger partial charge in [0.1, 0.15) is 0 Å². The van der Waals surface area contributed by atoms with Gasteiger partial charge >= 0.3 is 35.5 Å². The second-order valence-electron chi connectivity index (χ2n) is 1.57. The average molecular weight is 141 g/mol. The van der Waals surface area contributed by atoms with Crippen molar-refractivity contribution in [2.75, 3.05) is 13.1 Å². The van der Waals surface area contributed by atoms with Crippen molar-refractivity contribution < 1.29 is 40.9 Å². The first-order chi connectivity index (χ1) is 3.77. The molecule has 0 aromatic heterocycles. The van der Waals surface area contributed by atoms with Gasteiger partial charge in [-0.15, -0.1) is 0 Å². The van der Waals surface area contributed by atoms with Gasteiger partial charge in [-0.2, -0.15) is 0 Å². The molecule has 3 nitrogen and oxygen atoms in total. The van der Waals surface area contributed by atoms with Crippen molar-refractivity contribution in [3.05, 3.63) is 0 Å². The summed E-state index contributed by atoms with van der Waals surface area (Å²) in [7, 11) is 0.